The summed E-state index contributed by atoms with van der Waals surface area (Å²) in [6.07, 6.45) is 1.000. The maximum absolute atomic E-state index is 10.6. The van der Waals surface area contributed by atoms with Crippen molar-refractivity contribution in [2.45, 2.75) is 32.4 Å². The number of rotatable bonds is 1. The van der Waals surface area contributed by atoms with E-state index in [1.807, 2.05) is 6.92 Å². The second-order valence-corrected chi connectivity index (χ2v) is 2.42. The molecule has 1 rings (SSSR count). The van der Waals surface area contributed by atoms with E-state index in [0.717, 1.165) is 6.42 Å². The van der Waals surface area contributed by atoms with Crippen LogP contribution in [0.1, 0.15) is 20.3 Å². The minimum absolute atomic E-state index is 0.0330. The second kappa shape index (κ2) is 2.25. The molecule has 0 radical (unpaired) electrons. The standard InChI is InChI=1S/C6H12N2O/c1-3-5-4(2)7-6(9)8-5/h4-5H,3H2,1-2H3,(H2,7,8,9)/t4-,5+/m1/s1. The summed E-state index contributed by atoms with van der Waals surface area (Å²) in [5, 5.41) is 5.57. The lowest BCUT2D eigenvalue weighted by Gasteiger charge is -2.09. The maximum atomic E-state index is 10.6. The number of nitrogens with one attached hydrogen (secondary N) is 2. The average molecular weight is 128 g/mol. The average Bonchev–Trinajstić information content (AvgIpc) is 2.10. The predicted molar refractivity (Wildman–Crippen MR) is 35.2 cm³/mol. The van der Waals surface area contributed by atoms with Gasteiger partial charge in [0.25, 0.3) is 0 Å². The highest BCUT2D eigenvalue weighted by Gasteiger charge is 2.25. The van der Waals surface area contributed by atoms with E-state index < -0.39 is 0 Å². The van der Waals surface area contributed by atoms with Crippen LogP contribution in [-0.2, 0) is 0 Å². The summed E-state index contributed by atoms with van der Waals surface area (Å²) in [7, 11) is 0. The quantitative estimate of drug-likeness (QED) is 0.529. The lowest BCUT2D eigenvalue weighted by atomic mass is 10.1. The van der Waals surface area contributed by atoms with Crippen molar-refractivity contribution in [1.29, 1.82) is 0 Å². The zero-order chi connectivity index (χ0) is 6.85. The third kappa shape index (κ3) is 1.15. The van der Waals surface area contributed by atoms with Gasteiger partial charge in [-0.1, -0.05) is 6.92 Å². The summed E-state index contributed by atoms with van der Waals surface area (Å²) in [5.74, 6) is 0. The van der Waals surface area contributed by atoms with E-state index in [1.54, 1.807) is 0 Å². The highest BCUT2D eigenvalue weighted by molar-refractivity contribution is 5.77. The van der Waals surface area contributed by atoms with E-state index in [2.05, 4.69) is 17.6 Å². The largest absolute Gasteiger partial charge is 0.334 e. The predicted octanol–water partition coefficient (Wildman–Crippen LogP) is 0.466. The van der Waals surface area contributed by atoms with Gasteiger partial charge in [-0.15, -0.1) is 0 Å². The fraction of sp³-hybridized carbons (Fsp3) is 0.833. The topological polar surface area (TPSA) is 41.1 Å². The minimum atomic E-state index is -0.0330. The van der Waals surface area contributed by atoms with Gasteiger partial charge in [0.05, 0.1) is 6.04 Å². The molecule has 1 saturated heterocycles. The van der Waals surface area contributed by atoms with Crippen LogP contribution in [0.5, 0.6) is 0 Å². The van der Waals surface area contributed by atoms with Gasteiger partial charge in [-0.05, 0) is 13.3 Å². The molecule has 3 heteroatoms. The Morgan fingerprint density at radius 3 is 2.44 bits per heavy atom. The lowest BCUT2D eigenvalue weighted by molar-refractivity contribution is 0.247. The van der Waals surface area contributed by atoms with Gasteiger partial charge in [0, 0.05) is 6.04 Å². The van der Waals surface area contributed by atoms with Gasteiger partial charge in [-0.3, -0.25) is 0 Å². The van der Waals surface area contributed by atoms with Crippen LogP contribution < -0.4 is 10.6 Å². The first-order valence-electron chi connectivity index (χ1n) is 3.31. The molecular weight excluding hydrogens is 116 g/mol. The van der Waals surface area contributed by atoms with Crippen molar-refractivity contribution < 1.29 is 4.79 Å². The molecule has 2 N–H and O–H groups in total. The summed E-state index contributed by atoms with van der Waals surface area (Å²) < 4.78 is 0. The Morgan fingerprint density at radius 2 is 2.22 bits per heavy atom. The molecule has 9 heavy (non-hydrogen) atoms. The summed E-state index contributed by atoms with van der Waals surface area (Å²) in [6, 6.07) is 0.592. The zero-order valence-corrected chi connectivity index (χ0v) is 5.77. The smallest absolute Gasteiger partial charge is 0.315 e. The number of hydrogen-bond acceptors (Lipinski definition) is 1. The van der Waals surface area contributed by atoms with Gasteiger partial charge < -0.3 is 10.6 Å². The Labute approximate surface area is 54.8 Å². The molecule has 0 aliphatic carbocycles. The van der Waals surface area contributed by atoms with Crippen molar-refractivity contribution in [1.82, 2.24) is 10.6 Å². The van der Waals surface area contributed by atoms with Gasteiger partial charge in [0.2, 0.25) is 0 Å². The summed E-state index contributed by atoms with van der Waals surface area (Å²) in [4.78, 5) is 10.6. The molecule has 52 valence electrons. The molecule has 0 aromatic rings. The van der Waals surface area contributed by atoms with Crippen molar-refractivity contribution in [3.63, 3.8) is 0 Å². The van der Waals surface area contributed by atoms with E-state index in [9.17, 15) is 4.79 Å². The van der Waals surface area contributed by atoms with Crippen molar-refractivity contribution >= 4 is 6.03 Å². The molecule has 0 aromatic carbocycles. The van der Waals surface area contributed by atoms with E-state index in [4.69, 9.17) is 0 Å². The third-order valence-electron chi connectivity index (χ3n) is 1.72. The molecule has 1 heterocycles. The summed E-state index contributed by atoms with van der Waals surface area (Å²) in [5.41, 5.74) is 0. The monoisotopic (exact) mass is 128 g/mol. The minimum Gasteiger partial charge on any atom is -0.334 e. The van der Waals surface area contributed by atoms with Crippen LogP contribution in [0.25, 0.3) is 0 Å². The number of carbonyl (C=O) groups is 1. The number of amides is 2. The van der Waals surface area contributed by atoms with E-state index in [1.165, 1.54) is 0 Å². The fourth-order valence-corrected chi connectivity index (χ4v) is 1.10. The van der Waals surface area contributed by atoms with Crippen LogP contribution in [0.2, 0.25) is 0 Å². The molecular formula is C6H12N2O. The zero-order valence-electron chi connectivity index (χ0n) is 5.77. The number of urea groups is 1. The van der Waals surface area contributed by atoms with Gasteiger partial charge >= 0.3 is 6.03 Å². The van der Waals surface area contributed by atoms with Crippen molar-refractivity contribution in [3.8, 4) is 0 Å². The molecule has 1 fully saturated rings. The molecule has 3 nitrogen and oxygen atoms in total. The molecule has 2 atom stereocenters. The van der Waals surface area contributed by atoms with E-state index in [0.29, 0.717) is 12.1 Å². The SMILES string of the molecule is CC[C@@H]1NC(=O)N[C@@H]1C. The maximum Gasteiger partial charge on any atom is 0.315 e. The second-order valence-electron chi connectivity index (χ2n) is 2.42. The van der Waals surface area contributed by atoms with Crippen LogP contribution in [-0.4, -0.2) is 18.1 Å². The van der Waals surface area contributed by atoms with Crippen LogP contribution in [0.15, 0.2) is 0 Å². The highest BCUT2D eigenvalue weighted by atomic mass is 16.2. The molecule has 0 spiro atoms. The molecule has 1 aliphatic rings. The molecule has 0 unspecified atom stereocenters. The fourth-order valence-electron chi connectivity index (χ4n) is 1.10. The van der Waals surface area contributed by atoms with Crippen molar-refractivity contribution in [3.05, 3.63) is 0 Å². The van der Waals surface area contributed by atoms with Gasteiger partial charge in [-0.25, -0.2) is 4.79 Å². The first-order valence-corrected chi connectivity index (χ1v) is 3.31. The van der Waals surface area contributed by atoms with Gasteiger partial charge in [-0.2, -0.15) is 0 Å². The van der Waals surface area contributed by atoms with Gasteiger partial charge in [0.15, 0.2) is 0 Å². The Balaban J connectivity index is 2.47. The third-order valence-corrected chi connectivity index (χ3v) is 1.72. The normalized spacial score (nSPS) is 33.8. The van der Waals surface area contributed by atoms with Gasteiger partial charge in [0.1, 0.15) is 0 Å². The molecule has 1 aliphatic heterocycles. The molecule has 2 amide bonds. The van der Waals surface area contributed by atoms with Crippen molar-refractivity contribution in [2.24, 2.45) is 0 Å². The summed E-state index contributed by atoms with van der Waals surface area (Å²) >= 11 is 0. The Bertz CT molecular complexity index is 124. The first kappa shape index (κ1) is 6.39. The van der Waals surface area contributed by atoms with Crippen LogP contribution in [0.4, 0.5) is 4.79 Å². The Kier molecular flexibility index (Phi) is 1.60. The Morgan fingerprint density at radius 1 is 1.56 bits per heavy atom. The first-order chi connectivity index (χ1) is 4.24. The van der Waals surface area contributed by atoms with E-state index in [-0.39, 0.29) is 6.03 Å². The van der Waals surface area contributed by atoms with Crippen LogP contribution in [0, 0.1) is 0 Å². The lowest BCUT2D eigenvalue weighted by Crippen LogP contribution is -2.29. The highest BCUT2D eigenvalue weighted by Crippen LogP contribution is 2.03. The number of hydrogen-bond donors (Lipinski definition) is 2. The number of carbonyl (C=O) groups excluding carboxylic acids is 1. The van der Waals surface area contributed by atoms with Crippen LogP contribution in [0.3, 0.4) is 0 Å². The molecule has 0 bridgehead atoms. The Hall–Kier alpha value is -0.730. The van der Waals surface area contributed by atoms with Crippen molar-refractivity contribution in [2.75, 3.05) is 0 Å². The van der Waals surface area contributed by atoms with E-state index >= 15 is 0 Å². The van der Waals surface area contributed by atoms with Crippen LogP contribution >= 0.6 is 0 Å². The molecule has 0 aromatic heterocycles. The summed E-state index contributed by atoms with van der Waals surface area (Å²) in [6.45, 7) is 4.07. The molecule has 0 saturated carbocycles.